The number of rotatable bonds is 10. The number of nitrogens with zero attached hydrogens (tertiary/aromatic N) is 4. The molecule has 3 aliphatic rings. The second kappa shape index (κ2) is 13.2. The molecule has 10 heteroatoms. The highest BCUT2D eigenvalue weighted by Gasteiger charge is 2.47. The summed E-state index contributed by atoms with van der Waals surface area (Å²) in [4.78, 5) is 24.1. The van der Waals surface area contributed by atoms with Crippen LogP contribution in [0.1, 0.15) is 45.6 Å². The number of amides is 1. The van der Waals surface area contributed by atoms with E-state index in [4.69, 9.17) is 35.5 Å². The first-order valence-electron chi connectivity index (χ1n) is 13.9. The fraction of sp³-hybridized carbons (Fsp3) is 0.600. The second-order valence-electron chi connectivity index (χ2n) is 11.0. The molecule has 0 spiro atoms. The van der Waals surface area contributed by atoms with E-state index in [1.165, 1.54) is 6.20 Å². The summed E-state index contributed by atoms with van der Waals surface area (Å²) >= 11 is 6.46. The van der Waals surface area contributed by atoms with Crippen LogP contribution in [0.4, 0.5) is 10.5 Å². The Morgan fingerprint density at radius 2 is 2.02 bits per heavy atom. The average Bonchev–Trinajstić information content (AvgIpc) is 3.74. The van der Waals surface area contributed by atoms with E-state index in [-0.39, 0.29) is 48.1 Å². The number of halogens is 1. The first kappa shape index (κ1) is 30.0. The van der Waals surface area contributed by atoms with Gasteiger partial charge in [0.05, 0.1) is 41.5 Å². The fourth-order valence-electron chi connectivity index (χ4n) is 5.32. The summed E-state index contributed by atoms with van der Waals surface area (Å²) in [6, 6.07) is 7.19. The number of hydrogen-bond acceptors (Lipinski definition) is 8. The van der Waals surface area contributed by atoms with Gasteiger partial charge in [-0.15, -0.1) is 0 Å². The van der Waals surface area contributed by atoms with Gasteiger partial charge in [-0.25, -0.2) is 9.79 Å². The van der Waals surface area contributed by atoms with E-state index in [0.717, 1.165) is 25.0 Å². The molecule has 4 rings (SSSR count). The summed E-state index contributed by atoms with van der Waals surface area (Å²) in [5.74, 6) is 0.329. The number of nitriles is 1. The van der Waals surface area contributed by atoms with Gasteiger partial charge >= 0.3 is 6.09 Å². The van der Waals surface area contributed by atoms with Crippen molar-refractivity contribution in [1.29, 1.82) is 5.26 Å². The van der Waals surface area contributed by atoms with Crippen LogP contribution >= 0.6 is 11.6 Å². The van der Waals surface area contributed by atoms with E-state index in [1.54, 1.807) is 30.2 Å². The number of benzene rings is 1. The number of aliphatic imine (C=N–C) groups is 2. The second-order valence-corrected chi connectivity index (χ2v) is 11.4. The molecule has 1 aromatic rings. The lowest BCUT2D eigenvalue weighted by atomic mass is 9.84. The van der Waals surface area contributed by atoms with Gasteiger partial charge in [-0.3, -0.25) is 4.99 Å². The van der Waals surface area contributed by atoms with E-state index in [9.17, 15) is 10.1 Å². The van der Waals surface area contributed by atoms with Gasteiger partial charge in [-0.1, -0.05) is 32.0 Å². The maximum absolute atomic E-state index is 12.9. The van der Waals surface area contributed by atoms with Crippen LogP contribution in [0, 0.1) is 35.0 Å². The van der Waals surface area contributed by atoms with Crippen molar-refractivity contribution in [3.63, 3.8) is 0 Å². The van der Waals surface area contributed by atoms with Gasteiger partial charge in [0.25, 0.3) is 0 Å². The number of carbonyl (C=O) groups is 1. The summed E-state index contributed by atoms with van der Waals surface area (Å²) in [6.07, 6.45) is 3.67. The van der Waals surface area contributed by atoms with E-state index >= 15 is 0 Å². The lowest BCUT2D eigenvalue weighted by Crippen LogP contribution is -2.58. The van der Waals surface area contributed by atoms with Crippen LogP contribution in [-0.2, 0) is 18.9 Å². The lowest BCUT2D eigenvalue weighted by Gasteiger charge is -2.46. The Bertz CT molecular complexity index is 1180. The standard InChI is InChI=1S/C30H39ClN4O5/c1-6-19(3)26(34-25-9-8-21(13-32)12-24(25)31)20(4)28(33-7-2)40-27-22-14-35(15-23(27)17-38-16-22)29(36)39-18-30(37-5)10-11-30/h7-9,12,19-20,22-23,27H,2,6,10-11,14-18H2,1,3-5H3. The third kappa shape index (κ3) is 6.85. The van der Waals surface area contributed by atoms with Crippen molar-refractivity contribution in [2.45, 2.75) is 51.7 Å². The van der Waals surface area contributed by atoms with Crippen molar-refractivity contribution < 1.29 is 23.7 Å². The number of likely N-dealkylation sites (tertiary alicyclic amines) is 1. The van der Waals surface area contributed by atoms with Crippen LogP contribution in [0.2, 0.25) is 5.02 Å². The van der Waals surface area contributed by atoms with Crippen molar-refractivity contribution >= 4 is 35.0 Å². The van der Waals surface area contributed by atoms with Gasteiger partial charge in [0.15, 0.2) is 5.90 Å². The Morgan fingerprint density at radius 1 is 1.32 bits per heavy atom. The number of ether oxygens (including phenoxy) is 4. The third-order valence-electron chi connectivity index (χ3n) is 8.19. The Balaban J connectivity index is 1.50. The van der Waals surface area contributed by atoms with Crippen LogP contribution in [0.5, 0.6) is 0 Å². The maximum Gasteiger partial charge on any atom is 0.409 e. The van der Waals surface area contributed by atoms with Gasteiger partial charge in [0.1, 0.15) is 18.3 Å². The zero-order chi connectivity index (χ0) is 28.9. The fourth-order valence-corrected chi connectivity index (χ4v) is 5.54. The average molecular weight is 571 g/mol. The van der Waals surface area contributed by atoms with Crippen LogP contribution < -0.4 is 0 Å². The molecule has 2 heterocycles. The molecule has 2 saturated heterocycles. The quantitative estimate of drug-likeness (QED) is 0.260. The minimum Gasteiger partial charge on any atom is -0.476 e. The first-order valence-corrected chi connectivity index (χ1v) is 14.3. The highest BCUT2D eigenvalue weighted by molar-refractivity contribution is 6.33. The summed E-state index contributed by atoms with van der Waals surface area (Å²) in [6.45, 7) is 12.2. The predicted molar refractivity (Wildman–Crippen MR) is 154 cm³/mol. The van der Waals surface area contributed by atoms with E-state index < -0.39 is 0 Å². The Labute approximate surface area is 241 Å². The van der Waals surface area contributed by atoms with Crippen molar-refractivity contribution in [2.75, 3.05) is 40.0 Å². The Hall–Kier alpha value is -2.93. The van der Waals surface area contributed by atoms with Crippen LogP contribution in [0.15, 0.2) is 41.0 Å². The minimum atomic E-state index is -0.322. The smallest absolute Gasteiger partial charge is 0.409 e. The molecule has 1 aromatic carbocycles. The third-order valence-corrected chi connectivity index (χ3v) is 8.50. The largest absolute Gasteiger partial charge is 0.476 e. The molecule has 1 aliphatic carbocycles. The molecule has 3 fully saturated rings. The molecular formula is C30H39ClN4O5. The molecule has 2 aliphatic heterocycles. The monoisotopic (exact) mass is 570 g/mol. The van der Waals surface area contributed by atoms with Crippen LogP contribution in [-0.4, -0.2) is 74.3 Å². The summed E-state index contributed by atoms with van der Waals surface area (Å²) in [7, 11) is 1.66. The molecular weight excluding hydrogens is 532 g/mol. The van der Waals surface area contributed by atoms with Crippen LogP contribution in [0.25, 0.3) is 0 Å². The van der Waals surface area contributed by atoms with Crippen molar-refractivity contribution in [1.82, 2.24) is 4.90 Å². The summed E-state index contributed by atoms with van der Waals surface area (Å²) in [5, 5.41) is 9.61. The van der Waals surface area contributed by atoms with Gasteiger partial charge in [0, 0.05) is 43.9 Å². The molecule has 2 bridgehead atoms. The summed E-state index contributed by atoms with van der Waals surface area (Å²) < 4.78 is 23.6. The molecule has 1 saturated carbocycles. The zero-order valence-corrected chi connectivity index (χ0v) is 24.5. The zero-order valence-electron chi connectivity index (χ0n) is 23.8. The highest BCUT2D eigenvalue weighted by Crippen LogP contribution is 2.39. The highest BCUT2D eigenvalue weighted by atomic mass is 35.5. The number of carbonyl (C=O) groups excluding carboxylic acids is 1. The lowest BCUT2D eigenvalue weighted by molar-refractivity contribution is -0.115. The van der Waals surface area contributed by atoms with Crippen LogP contribution in [0.3, 0.4) is 0 Å². The number of methoxy groups -OCH3 is 1. The molecule has 4 unspecified atom stereocenters. The van der Waals surface area contributed by atoms with Gasteiger partial charge < -0.3 is 23.8 Å². The molecule has 40 heavy (non-hydrogen) atoms. The number of piperidine rings is 1. The summed E-state index contributed by atoms with van der Waals surface area (Å²) in [5.41, 5.74) is 1.65. The number of hydrogen-bond donors (Lipinski definition) is 0. The van der Waals surface area contributed by atoms with Gasteiger partial charge in [0.2, 0.25) is 0 Å². The molecule has 0 N–H and O–H groups in total. The van der Waals surface area contributed by atoms with Crippen molar-refractivity contribution in [3.8, 4) is 6.07 Å². The van der Waals surface area contributed by atoms with Crippen molar-refractivity contribution in [2.24, 2.45) is 33.7 Å². The SMILES string of the molecule is C=CN=C(OC1C2COCC1CN(C(=O)OCC1(OC)CC1)C2)C(C)C(=Nc1ccc(C#N)cc1Cl)C(C)CC. The topological polar surface area (TPSA) is 106 Å². The first-order chi connectivity index (χ1) is 19.2. The normalized spacial score (nSPS) is 25.4. The molecule has 1 amide bonds. The van der Waals surface area contributed by atoms with Gasteiger partial charge in [-0.05, 0) is 50.3 Å². The van der Waals surface area contributed by atoms with E-state index in [1.807, 2.05) is 6.92 Å². The predicted octanol–water partition coefficient (Wildman–Crippen LogP) is 5.79. The van der Waals surface area contributed by atoms with Gasteiger partial charge in [-0.2, -0.15) is 5.26 Å². The Kier molecular flexibility index (Phi) is 9.88. The molecule has 216 valence electrons. The number of fused-ring (bicyclic) bond motifs is 2. The molecule has 0 radical (unpaired) electrons. The molecule has 4 atom stereocenters. The van der Waals surface area contributed by atoms with E-state index in [0.29, 0.717) is 48.5 Å². The Morgan fingerprint density at radius 3 is 2.58 bits per heavy atom. The maximum atomic E-state index is 12.9. The minimum absolute atomic E-state index is 0.0310. The van der Waals surface area contributed by atoms with Crippen molar-refractivity contribution in [3.05, 3.63) is 41.6 Å². The molecule has 0 aromatic heterocycles. The van der Waals surface area contributed by atoms with E-state index in [2.05, 4.69) is 31.5 Å². The molecule has 9 nitrogen and oxygen atoms in total.